The van der Waals surface area contributed by atoms with Crippen molar-refractivity contribution in [3.05, 3.63) is 71.8 Å². The van der Waals surface area contributed by atoms with Crippen molar-refractivity contribution < 1.29 is 24.0 Å². The Morgan fingerprint density at radius 2 is 1.39 bits per heavy atom. The Bertz CT molecular complexity index is 1200. The fraction of sp³-hybridized carbons (Fsp3) is 0.452. The molecule has 1 aliphatic heterocycles. The molecule has 10 heteroatoms. The summed E-state index contributed by atoms with van der Waals surface area (Å²) in [5, 5.41) is 10.9. The van der Waals surface area contributed by atoms with E-state index in [0.29, 0.717) is 5.56 Å². The van der Waals surface area contributed by atoms with Crippen LogP contribution in [0.3, 0.4) is 0 Å². The fourth-order valence-corrected chi connectivity index (χ4v) is 4.63. The Morgan fingerprint density at radius 1 is 0.805 bits per heavy atom. The minimum absolute atomic E-state index is 0.0861. The number of ketones is 1. The number of hydrogen-bond acceptors (Lipinski definition) is 6. The second-order valence-corrected chi connectivity index (χ2v) is 11.0. The summed E-state index contributed by atoms with van der Waals surface area (Å²) >= 11 is 0. The zero-order valence-corrected chi connectivity index (χ0v) is 24.2. The lowest BCUT2D eigenvalue weighted by atomic mass is 9.97. The van der Waals surface area contributed by atoms with E-state index in [2.05, 4.69) is 26.2 Å². The maximum Gasteiger partial charge on any atom is 0.289 e. The van der Waals surface area contributed by atoms with Crippen LogP contribution in [0.5, 0.6) is 0 Å². The summed E-state index contributed by atoms with van der Waals surface area (Å²) in [5.74, 6) is -3.36. The van der Waals surface area contributed by atoms with E-state index in [9.17, 15) is 24.0 Å². The van der Waals surface area contributed by atoms with E-state index in [1.54, 1.807) is 44.2 Å². The van der Waals surface area contributed by atoms with E-state index >= 15 is 0 Å². The third kappa shape index (κ3) is 9.53. The smallest absolute Gasteiger partial charge is 0.289 e. The number of carbonyl (C=O) groups excluding carboxylic acids is 5. The summed E-state index contributed by atoms with van der Waals surface area (Å²) in [7, 11) is 2.01. The van der Waals surface area contributed by atoms with Gasteiger partial charge in [-0.15, -0.1) is 0 Å². The standard InChI is InChI=1S/C31H41N5O5/c1-20(2)26(27(37)31(41)33-24-15-17-36(4)18-16-24)35-28(38)21(3)32-30(40)25(19-22-11-7-5-8-12-22)34-29(39)23-13-9-6-10-14-23/h5-14,20-21,24-26H,15-19H2,1-4H3,(H,32,40)(H,33,41)(H,34,39)(H,35,38). The SMILES string of the molecule is CC(NC(=O)C(Cc1ccccc1)NC(=O)c1ccccc1)C(=O)NC(C(=O)C(=O)NC1CCN(C)CC1)C(C)C. The first-order valence-corrected chi connectivity index (χ1v) is 14.1. The predicted molar refractivity (Wildman–Crippen MR) is 156 cm³/mol. The lowest BCUT2D eigenvalue weighted by Gasteiger charge is -2.30. The van der Waals surface area contributed by atoms with Gasteiger partial charge in [0.1, 0.15) is 12.1 Å². The number of likely N-dealkylation sites (tertiary alicyclic amines) is 1. The summed E-state index contributed by atoms with van der Waals surface area (Å²) in [6, 6.07) is 14.7. The van der Waals surface area contributed by atoms with Crippen molar-refractivity contribution in [2.75, 3.05) is 20.1 Å². The number of piperidine rings is 1. The Morgan fingerprint density at radius 3 is 1.98 bits per heavy atom. The molecule has 220 valence electrons. The van der Waals surface area contributed by atoms with Crippen LogP contribution in [-0.4, -0.2) is 78.6 Å². The van der Waals surface area contributed by atoms with Crippen LogP contribution in [0.15, 0.2) is 60.7 Å². The molecule has 0 radical (unpaired) electrons. The van der Waals surface area contributed by atoms with Crippen molar-refractivity contribution in [3.63, 3.8) is 0 Å². The van der Waals surface area contributed by atoms with E-state index < -0.39 is 47.5 Å². The molecule has 3 unspecified atom stereocenters. The van der Waals surface area contributed by atoms with Crippen molar-refractivity contribution in [2.45, 2.75) is 64.2 Å². The highest BCUT2D eigenvalue weighted by molar-refractivity contribution is 6.38. The number of Topliss-reactive ketones (excluding diaryl/α,β-unsaturated/α-hetero) is 1. The van der Waals surface area contributed by atoms with E-state index in [1.165, 1.54) is 6.92 Å². The van der Waals surface area contributed by atoms with Gasteiger partial charge in [0.25, 0.3) is 11.8 Å². The molecular formula is C31H41N5O5. The van der Waals surface area contributed by atoms with Crippen LogP contribution >= 0.6 is 0 Å². The van der Waals surface area contributed by atoms with Gasteiger partial charge in [0.15, 0.2) is 0 Å². The van der Waals surface area contributed by atoms with Gasteiger partial charge in [0.05, 0.1) is 6.04 Å². The van der Waals surface area contributed by atoms with Crippen LogP contribution in [0.4, 0.5) is 0 Å². The molecule has 41 heavy (non-hydrogen) atoms. The van der Waals surface area contributed by atoms with Gasteiger partial charge in [-0.1, -0.05) is 62.4 Å². The van der Waals surface area contributed by atoms with Gasteiger partial charge in [-0.3, -0.25) is 24.0 Å². The predicted octanol–water partition coefficient (Wildman–Crippen LogP) is 1.45. The molecule has 4 N–H and O–H groups in total. The zero-order chi connectivity index (χ0) is 29.9. The third-order valence-electron chi connectivity index (χ3n) is 7.22. The van der Waals surface area contributed by atoms with E-state index in [-0.39, 0.29) is 18.4 Å². The van der Waals surface area contributed by atoms with E-state index in [0.717, 1.165) is 31.5 Å². The minimum atomic E-state index is -1.05. The van der Waals surface area contributed by atoms with Crippen LogP contribution in [0.1, 0.15) is 49.5 Å². The molecular weight excluding hydrogens is 522 g/mol. The first-order valence-electron chi connectivity index (χ1n) is 14.1. The van der Waals surface area contributed by atoms with Gasteiger partial charge >= 0.3 is 0 Å². The summed E-state index contributed by atoms with van der Waals surface area (Å²) in [5.41, 5.74) is 1.24. The topological polar surface area (TPSA) is 137 Å². The van der Waals surface area contributed by atoms with Gasteiger partial charge < -0.3 is 26.2 Å². The highest BCUT2D eigenvalue weighted by Crippen LogP contribution is 2.10. The van der Waals surface area contributed by atoms with Crippen LogP contribution in [0.25, 0.3) is 0 Å². The molecule has 2 aromatic rings. The van der Waals surface area contributed by atoms with Crippen molar-refractivity contribution in [3.8, 4) is 0 Å². The lowest BCUT2D eigenvalue weighted by molar-refractivity contribution is -0.141. The van der Waals surface area contributed by atoms with Crippen molar-refractivity contribution in [1.29, 1.82) is 0 Å². The second-order valence-electron chi connectivity index (χ2n) is 11.0. The minimum Gasteiger partial charge on any atom is -0.347 e. The maximum absolute atomic E-state index is 13.3. The molecule has 0 aliphatic carbocycles. The molecule has 2 aromatic carbocycles. The average molecular weight is 564 g/mol. The lowest BCUT2D eigenvalue weighted by Crippen LogP contribution is -2.58. The van der Waals surface area contributed by atoms with Crippen molar-refractivity contribution in [1.82, 2.24) is 26.2 Å². The Labute approximate surface area is 241 Å². The molecule has 0 saturated carbocycles. The molecule has 0 aromatic heterocycles. The van der Waals surface area contributed by atoms with Crippen LogP contribution in [0.2, 0.25) is 0 Å². The van der Waals surface area contributed by atoms with Crippen molar-refractivity contribution in [2.24, 2.45) is 5.92 Å². The van der Waals surface area contributed by atoms with Gasteiger partial charge in [-0.2, -0.15) is 0 Å². The number of nitrogens with zero attached hydrogens (tertiary/aromatic N) is 1. The highest BCUT2D eigenvalue weighted by Gasteiger charge is 2.33. The van der Waals surface area contributed by atoms with Crippen LogP contribution in [0, 0.1) is 5.92 Å². The normalized spacial score (nSPS) is 16.2. The molecule has 3 rings (SSSR count). The number of amides is 4. The van der Waals surface area contributed by atoms with Gasteiger partial charge in [0.2, 0.25) is 17.6 Å². The first kappa shape index (κ1) is 31.5. The molecule has 1 fully saturated rings. The number of hydrogen-bond donors (Lipinski definition) is 4. The zero-order valence-electron chi connectivity index (χ0n) is 24.2. The monoisotopic (exact) mass is 563 g/mol. The quantitative estimate of drug-likeness (QED) is 0.289. The summed E-state index contributed by atoms with van der Waals surface area (Å²) < 4.78 is 0. The van der Waals surface area contributed by atoms with Gasteiger partial charge in [-0.25, -0.2) is 0 Å². The maximum atomic E-state index is 13.3. The first-order chi connectivity index (χ1) is 19.5. The van der Waals surface area contributed by atoms with Crippen LogP contribution < -0.4 is 21.3 Å². The molecule has 0 spiro atoms. The van der Waals surface area contributed by atoms with E-state index in [1.807, 2.05) is 37.4 Å². The molecule has 10 nitrogen and oxygen atoms in total. The molecule has 1 heterocycles. The summed E-state index contributed by atoms with van der Waals surface area (Å²) in [6.45, 7) is 6.63. The highest BCUT2D eigenvalue weighted by atomic mass is 16.2. The Balaban J connectivity index is 1.63. The number of nitrogens with one attached hydrogen (secondary N) is 4. The number of carbonyl (C=O) groups is 5. The molecule has 1 aliphatic rings. The third-order valence-corrected chi connectivity index (χ3v) is 7.22. The summed E-state index contributed by atoms with van der Waals surface area (Å²) in [4.78, 5) is 67.1. The van der Waals surface area contributed by atoms with Gasteiger partial charge in [-0.05, 0) is 63.5 Å². The number of rotatable bonds is 12. The molecule has 1 saturated heterocycles. The Hall–Kier alpha value is -4.05. The van der Waals surface area contributed by atoms with Gasteiger partial charge in [0, 0.05) is 18.0 Å². The van der Waals surface area contributed by atoms with Crippen molar-refractivity contribution >= 4 is 29.4 Å². The van der Waals surface area contributed by atoms with E-state index in [4.69, 9.17) is 0 Å². The fourth-order valence-electron chi connectivity index (χ4n) is 4.63. The average Bonchev–Trinajstić information content (AvgIpc) is 2.96. The number of benzene rings is 2. The van der Waals surface area contributed by atoms with Crippen LogP contribution in [-0.2, 0) is 25.6 Å². The Kier molecular flexibility index (Phi) is 11.6. The second kappa shape index (κ2) is 15.1. The largest absolute Gasteiger partial charge is 0.347 e. The molecule has 3 atom stereocenters. The summed E-state index contributed by atoms with van der Waals surface area (Å²) in [6.07, 6.45) is 1.72. The molecule has 4 amide bonds. The molecule has 0 bridgehead atoms.